The van der Waals surface area contributed by atoms with Gasteiger partial charge in [0, 0.05) is 31.4 Å². The molecule has 0 bridgehead atoms. The monoisotopic (exact) mass is 277 g/mol. The van der Waals surface area contributed by atoms with Gasteiger partial charge in [0.1, 0.15) is 5.82 Å². The topological polar surface area (TPSA) is 39.6 Å². The summed E-state index contributed by atoms with van der Waals surface area (Å²) in [4.78, 5) is 9.63. The Kier molecular flexibility index (Phi) is 5.00. The van der Waals surface area contributed by atoms with E-state index in [2.05, 4.69) is 37.5 Å². The van der Waals surface area contributed by atoms with Crippen LogP contribution in [0.2, 0.25) is 0 Å². The molecule has 20 heavy (non-hydrogen) atoms. The standard InChI is InChI=1S/C16H27N3O/c1-5-18-6-7-19(10-13(18)4)16-9-14(11-20)8-15(17-16)12(2)3/h8-9,12-13,20H,5-7,10-11H2,1-4H3. The van der Waals surface area contributed by atoms with Gasteiger partial charge in [0.2, 0.25) is 0 Å². The Balaban J connectivity index is 2.22. The molecule has 1 N–H and O–H groups in total. The predicted molar refractivity (Wildman–Crippen MR) is 83.2 cm³/mol. The summed E-state index contributed by atoms with van der Waals surface area (Å²) < 4.78 is 0. The minimum Gasteiger partial charge on any atom is -0.392 e. The van der Waals surface area contributed by atoms with E-state index in [0.717, 1.165) is 43.3 Å². The van der Waals surface area contributed by atoms with Crippen molar-refractivity contribution in [2.24, 2.45) is 0 Å². The van der Waals surface area contributed by atoms with Gasteiger partial charge in [-0.3, -0.25) is 4.90 Å². The lowest BCUT2D eigenvalue weighted by atomic mass is 10.1. The Bertz CT molecular complexity index is 447. The number of aliphatic hydroxyl groups is 1. The Morgan fingerprint density at radius 1 is 1.35 bits per heavy atom. The molecule has 1 aliphatic heterocycles. The summed E-state index contributed by atoms with van der Waals surface area (Å²) in [6.45, 7) is 13.1. The number of pyridine rings is 1. The molecule has 1 aromatic rings. The van der Waals surface area contributed by atoms with Crippen LogP contribution >= 0.6 is 0 Å². The molecule has 0 spiro atoms. The van der Waals surface area contributed by atoms with E-state index in [4.69, 9.17) is 4.98 Å². The van der Waals surface area contributed by atoms with E-state index in [1.54, 1.807) is 0 Å². The number of likely N-dealkylation sites (N-methyl/N-ethyl adjacent to an activating group) is 1. The first-order chi connectivity index (χ1) is 9.55. The fourth-order valence-corrected chi connectivity index (χ4v) is 2.82. The molecule has 1 aromatic heterocycles. The molecule has 2 rings (SSSR count). The number of hydrogen-bond donors (Lipinski definition) is 1. The average Bonchev–Trinajstić information content (AvgIpc) is 2.46. The Morgan fingerprint density at radius 3 is 2.65 bits per heavy atom. The smallest absolute Gasteiger partial charge is 0.129 e. The van der Waals surface area contributed by atoms with E-state index in [1.165, 1.54) is 0 Å². The second-order valence-corrected chi connectivity index (χ2v) is 5.99. The third kappa shape index (κ3) is 3.30. The first-order valence-corrected chi connectivity index (χ1v) is 7.65. The van der Waals surface area contributed by atoms with E-state index < -0.39 is 0 Å². The molecule has 1 aliphatic rings. The highest BCUT2D eigenvalue weighted by Crippen LogP contribution is 2.22. The van der Waals surface area contributed by atoms with E-state index in [-0.39, 0.29) is 6.61 Å². The molecule has 1 saturated heterocycles. The molecule has 1 atom stereocenters. The van der Waals surface area contributed by atoms with Crippen LogP contribution in [0.5, 0.6) is 0 Å². The van der Waals surface area contributed by atoms with Crippen molar-refractivity contribution in [1.82, 2.24) is 9.88 Å². The van der Waals surface area contributed by atoms with Gasteiger partial charge in [0.05, 0.1) is 6.61 Å². The van der Waals surface area contributed by atoms with Gasteiger partial charge < -0.3 is 10.0 Å². The van der Waals surface area contributed by atoms with Gasteiger partial charge in [-0.1, -0.05) is 20.8 Å². The minimum absolute atomic E-state index is 0.0831. The Hall–Kier alpha value is -1.13. The second kappa shape index (κ2) is 6.55. The normalized spacial score (nSPS) is 20.7. The SMILES string of the molecule is CCN1CCN(c2cc(CO)cc(C(C)C)n2)CC1C. The summed E-state index contributed by atoms with van der Waals surface area (Å²) in [5, 5.41) is 9.44. The number of piperazine rings is 1. The van der Waals surface area contributed by atoms with Crippen LogP contribution in [0.15, 0.2) is 12.1 Å². The highest BCUT2D eigenvalue weighted by molar-refractivity contribution is 5.44. The first-order valence-electron chi connectivity index (χ1n) is 7.65. The molecule has 1 unspecified atom stereocenters. The lowest BCUT2D eigenvalue weighted by Crippen LogP contribution is -2.52. The molecule has 0 radical (unpaired) electrons. The van der Waals surface area contributed by atoms with Crippen LogP contribution in [0.4, 0.5) is 5.82 Å². The van der Waals surface area contributed by atoms with Crippen LogP contribution in [-0.2, 0) is 6.61 Å². The van der Waals surface area contributed by atoms with Gasteiger partial charge in [-0.15, -0.1) is 0 Å². The Morgan fingerprint density at radius 2 is 2.10 bits per heavy atom. The number of aromatic nitrogens is 1. The first kappa shape index (κ1) is 15.3. The molecule has 0 aromatic carbocycles. The molecule has 4 nitrogen and oxygen atoms in total. The number of nitrogens with zero attached hydrogens (tertiary/aromatic N) is 3. The zero-order valence-corrected chi connectivity index (χ0v) is 13.1. The summed E-state index contributed by atoms with van der Waals surface area (Å²) >= 11 is 0. The average molecular weight is 277 g/mol. The largest absolute Gasteiger partial charge is 0.392 e. The maximum absolute atomic E-state index is 9.44. The highest BCUT2D eigenvalue weighted by atomic mass is 16.3. The summed E-state index contributed by atoms with van der Waals surface area (Å²) in [7, 11) is 0. The van der Waals surface area contributed by atoms with Crippen molar-refractivity contribution in [3.8, 4) is 0 Å². The fraction of sp³-hybridized carbons (Fsp3) is 0.688. The number of aliphatic hydroxyl groups excluding tert-OH is 1. The highest BCUT2D eigenvalue weighted by Gasteiger charge is 2.23. The third-order valence-corrected chi connectivity index (χ3v) is 4.16. The molecule has 0 amide bonds. The lowest BCUT2D eigenvalue weighted by Gasteiger charge is -2.40. The van der Waals surface area contributed by atoms with Crippen molar-refractivity contribution in [2.45, 2.75) is 46.3 Å². The molecule has 1 fully saturated rings. The van der Waals surface area contributed by atoms with Crippen LogP contribution in [0, 0.1) is 0 Å². The van der Waals surface area contributed by atoms with Gasteiger partial charge >= 0.3 is 0 Å². The van der Waals surface area contributed by atoms with Crippen molar-refractivity contribution in [3.05, 3.63) is 23.4 Å². The van der Waals surface area contributed by atoms with Crippen LogP contribution in [-0.4, -0.2) is 47.2 Å². The van der Waals surface area contributed by atoms with E-state index in [0.29, 0.717) is 12.0 Å². The van der Waals surface area contributed by atoms with Crippen molar-refractivity contribution < 1.29 is 5.11 Å². The van der Waals surface area contributed by atoms with Crippen molar-refractivity contribution >= 4 is 5.82 Å². The summed E-state index contributed by atoms with van der Waals surface area (Å²) in [6, 6.07) is 4.59. The maximum Gasteiger partial charge on any atom is 0.129 e. The van der Waals surface area contributed by atoms with Crippen molar-refractivity contribution in [1.29, 1.82) is 0 Å². The molecule has 0 saturated carbocycles. The predicted octanol–water partition coefficient (Wildman–Crippen LogP) is 2.23. The van der Waals surface area contributed by atoms with Crippen LogP contribution in [0.1, 0.15) is 44.9 Å². The molecule has 4 heteroatoms. The molecule has 112 valence electrons. The van der Waals surface area contributed by atoms with Gasteiger partial charge in [0.25, 0.3) is 0 Å². The minimum atomic E-state index is 0.0831. The second-order valence-electron chi connectivity index (χ2n) is 5.99. The van der Waals surface area contributed by atoms with E-state index in [1.807, 2.05) is 12.1 Å². The molecule has 0 aliphatic carbocycles. The summed E-state index contributed by atoms with van der Waals surface area (Å²) in [6.07, 6.45) is 0. The zero-order valence-electron chi connectivity index (χ0n) is 13.1. The number of anilines is 1. The van der Waals surface area contributed by atoms with Crippen LogP contribution in [0.3, 0.4) is 0 Å². The van der Waals surface area contributed by atoms with E-state index >= 15 is 0 Å². The maximum atomic E-state index is 9.44. The van der Waals surface area contributed by atoms with Gasteiger partial charge in [-0.2, -0.15) is 0 Å². The van der Waals surface area contributed by atoms with Gasteiger partial charge in [0.15, 0.2) is 0 Å². The van der Waals surface area contributed by atoms with Crippen molar-refractivity contribution in [3.63, 3.8) is 0 Å². The molecular weight excluding hydrogens is 250 g/mol. The number of hydrogen-bond acceptors (Lipinski definition) is 4. The summed E-state index contributed by atoms with van der Waals surface area (Å²) in [5.74, 6) is 1.40. The van der Waals surface area contributed by atoms with E-state index in [9.17, 15) is 5.11 Å². The molecule has 2 heterocycles. The third-order valence-electron chi connectivity index (χ3n) is 4.16. The Labute approximate surface area is 122 Å². The quantitative estimate of drug-likeness (QED) is 0.916. The fourth-order valence-electron chi connectivity index (χ4n) is 2.82. The number of rotatable bonds is 4. The summed E-state index contributed by atoms with van der Waals surface area (Å²) in [5.41, 5.74) is 2.03. The molecular formula is C16H27N3O. The van der Waals surface area contributed by atoms with Gasteiger partial charge in [-0.25, -0.2) is 4.98 Å². The van der Waals surface area contributed by atoms with Crippen molar-refractivity contribution in [2.75, 3.05) is 31.1 Å². The zero-order chi connectivity index (χ0) is 14.7. The van der Waals surface area contributed by atoms with Gasteiger partial charge in [-0.05, 0) is 37.1 Å². The van der Waals surface area contributed by atoms with Crippen LogP contribution in [0.25, 0.3) is 0 Å². The van der Waals surface area contributed by atoms with Crippen LogP contribution < -0.4 is 4.90 Å². The lowest BCUT2D eigenvalue weighted by molar-refractivity contribution is 0.199.